The number of carboxylic acid groups (broad SMARTS) is 1. The van der Waals surface area contributed by atoms with Crippen molar-refractivity contribution in [3.63, 3.8) is 0 Å². The first-order valence-corrected chi connectivity index (χ1v) is 43.8. The summed E-state index contributed by atoms with van der Waals surface area (Å²) in [7, 11) is 5.25. The number of thioether (sulfide) groups is 1. The molecule has 1 unspecified atom stereocenters. The summed E-state index contributed by atoms with van der Waals surface area (Å²) in [4.78, 5) is 242. The SMILES string of the molecule is CCCC[C@H]1C(=O)N(C)CC(=O)N[C@@H](CC(=O)O)C(=O)N[C@@H](C(C)C)C(=O)N[C@@H](Cc2ccccc2C)C(=O)N[C@@H](Cc2ccc(O)cc2)C(=O)N(C)CC(=O)N[C@@H](Cc2c[nH]c3ccccc23)C(=O)NC(Cc2ccc(O)cc2)C(=O)N[C@@H](CC(C)C)C(=O)N[C@H](C(=O)NCC(N)=O)CSCC(=O)N[C@@H](Cc2ccccc2)C(=O)N(C)[C@@H](Cc2ccccc2)C(=O)N1C. The Bertz CT molecular complexity index is 5100. The number of carbonyl (C=O) groups is 16. The number of unbranched alkanes of at least 4 members (excludes halogenated alkanes) is 1. The molecule has 1 aromatic heterocycles. The number of H-pyrrole nitrogens is 1. The fourth-order valence-electron chi connectivity index (χ4n) is 14.9. The second kappa shape index (κ2) is 48.9. The molecular weight excluding hydrogens is 1680 g/mol. The first kappa shape index (κ1) is 101. The van der Waals surface area contributed by atoms with Crippen LogP contribution in [0.3, 0.4) is 0 Å². The van der Waals surface area contributed by atoms with Gasteiger partial charge in [0.2, 0.25) is 88.6 Å². The summed E-state index contributed by atoms with van der Waals surface area (Å²) in [6.07, 6.45) is 0.0598. The molecule has 6 aromatic carbocycles. The fraction of sp³-hybridized carbons (Fsp3) is 0.419. The number of para-hydroxylation sites is 1. The van der Waals surface area contributed by atoms with Gasteiger partial charge in [-0.1, -0.05) is 175 Å². The number of carbonyl (C=O) groups excluding carboxylic acids is 15. The Kier molecular flexibility index (Phi) is 38.2. The van der Waals surface area contributed by atoms with Crippen molar-refractivity contribution in [3.8, 4) is 11.5 Å². The lowest BCUT2D eigenvalue weighted by Gasteiger charge is -2.37. The van der Waals surface area contributed by atoms with E-state index in [1.165, 1.54) is 86.5 Å². The van der Waals surface area contributed by atoms with Gasteiger partial charge in [-0.05, 0) is 101 Å². The lowest BCUT2D eigenvalue weighted by molar-refractivity contribution is -0.151. The summed E-state index contributed by atoms with van der Waals surface area (Å²) < 4.78 is 0. The molecule has 1 fully saturated rings. The predicted octanol–water partition coefficient (Wildman–Crippen LogP) is 2.29. The first-order chi connectivity index (χ1) is 61.4. The van der Waals surface area contributed by atoms with Crippen molar-refractivity contribution in [2.75, 3.05) is 59.3 Å². The van der Waals surface area contributed by atoms with Gasteiger partial charge in [0, 0.05) is 89.6 Å². The molecular formula is C93H118N16O19S. The number of benzene rings is 6. The van der Waals surface area contributed by atoms with Crippen molar-refractivity contribution >= 4 is 117 Å². The molecule has 15 amide bonds. The van der Waals surface area contributed by atoms with Gasteiger partial charge in [0.1, 0.15) is 78.0 Å². The van der Waals surface area contributed by atoms with Crippen LogP contribution in [0.4, 0.5) is 0 Å². The molecule has 1 saturated heterocycles. The molecule has 2 heterocycles. The molecule has 16 N–H and O–H groups in total. The van der Waals surface area contributed by atoms with E-state index in [9.17, 15) is 63.3 Å². The van der Waals surface area contributed by atoms with Crippen LogP contribution in [0.5, 0.6) is 11.5 Å². The van der Waals surface area contributed by atoms with E-state index in [0.29, 0.717) is 62.7 Å². The van der Waals surface area contributed by atoms with Crippen LogP contribution in [-0.4, -0.2) is 260 Å². The minimum atomic E-state index is -1.91. The molecule has 8 rings (SSSR count). The van der Waals surface area contributed by atoms with E-state index in [1.807, 2.05) is 6.92 Å². The summed E-state index contributed by atoms with van der Waals surface area (Å²) in [5, 5.41) is 58.2. The molecule has 0 bridgehead atoms. The number of nitrogens with two attached hydrogens (primary N) is 1. The molecule has 7 aromatic rings. The molecule has 36 heteroatoms. The first-order valence-electron chi connectivity index (χ1n) is 42.7. The maximum atomic E-state index is 15.5. The average Bonchev–Trinajstić information content (AvgIpc) is 1.71. The lowest BCUT2D eigenvalue weighted by Crippen LogP contribution is -2.61. The predicted molar refractivity (Wildman–Crippen MR) is 482 cm³/mol. The van der Waals surface area contributed by atoms with Gasteiger partial charge in [-0.15, -0.1) is 11.8 Å². The van der Waals surface area contributed by atoms with E-state index in [4.69, 9.17) is 5.73 Å². The minimum absolute atomic E-state index is 0.0291. The second-order valence-electron chi connectivity index (χ2n) is 33.1. The van der Waals surface area contributed by atoms with Crippen LogP contribution in [0.15, 0.2) is 164 Å². The number of nitrogens with one attached hydrogen (secondary N) is 11. The Morgan fingerprint density at radius 1 is 0.473 bits per heavy atom. The van der Waals surface area contributed by atoms with E-state index >= 15 is 28.8 Å². The standard InChI is InChI=1S/C93H118N16O19S/c1-11-12-31-75-92(127)107(8)51-79(114)98-71(47-81(116)117)88(123)105-82(55(4)5)89(124)102-70(45-61-28-20-19-23-56(61)6)87(122)103-72(43-60-34-38-64(111)39-35-60)90(125)106(7)50-78(113)97-69(46-62-48-95-66-30-22-21-29-65(62)66)86(121)101-68(41-59-32-36-63(110)37-33-59)85(120)100-67(40-54(2)3)84(119)104-74(83(118)96-49-77(94)112)52-129-53-80(115)99-73(42-57-24-15-13-16-25-57)91(126)109(10)76(93(128)108(75)9)44-58-26-17-14-18-27-58/h13-30,32-39,48,54-55,67-76,82,95,110-111H,11-12,31,40-47,49-53H2,1-10H3,(H2,94,112)(H,96,118)(H,97,113)(H,98,114)(H,99,115)(H,100,120)(H,101,121)(H,102,124)(H,103,122)(H,104,119)(H,105,123)(H,116,117)/t67-,68?,69-,70-,71-,72-,73-,74-,75-,76-,82-/m0/s1. The number of primary amides is 1. The van der Waals surface area contributed by atoms with Crippen molar-refractivity contribution in [1.29, 1.82) is 0 Å². The summed E-state index contributed by atoms with van der Waals surface area (Å²) >= 11 is 0.829. The molecule has 0 radical (unpaired) electrons. The number of carboxylic acids is 1. The van der Waals surface area contributed by atoms with Crippen molar-refractivity contribution in [2.24, 2.45) is 17.6 Å². The smallest absolute Gasteiger partial charge is 0.305 e. The zero-order valence-corrected chi connectivity index (χ0v) is 74.9. The monoisotopic (exact) mass is 1790 g/mol. The van der Waals surface area contributed by atoms with Gasteiger partial charge in [0.15, 0.2) is 0 Å². The molecule has 0 saturated carbocycles. The number of aromatic nitrogens is 1. The number of rotatable bonds is 23. The van der Waals surface area contributed by atoms with Crippen LogP contribution < -0.4 is 58.9 Å². The zero-order chi connectivity index (χ0) is 94.3. The van der Waals surface area contributed by atoms with E-state index in [2.05, 4.69) is 58.2 Å². The van der Waals surface area contributed by atoms with Crippen molar-refractivity contribution in [1.82, 2.24) is 77.8 Å². The zero-order valence-electron chi connectivity index (χ0n) is 74.1. The second-order valence-corrected chi connectivity index (χ2v) is 34.1. The topological polar surface area (TPSA) is 509 Å². The average molecular weight is 1800 g/mol. The fourth-order valence-corrected chi connectivity index (χ4v) is 15.7. The lowest BCUT2D eigenvalue weighted by atomic mass is 9.97. The van der Waals surface area contributed by atoms with Crippen molar-refractivity contribution < 1.29 is 92.0 Å². The van der Waals surface area contributed by atoms with E-state index in [-0.39, 0.29) is 74.5 Å². The number of phenolic OH excluding ortho intramolecular Hbond substituents is 2. The maximum absolute atomic E-state index is 15.5. The highest BCUT2D eigenvalue weighted by Gasteiger charge is 2.42. The van der Waals surface area contributed by atoms with Gasteiger partial charge >= 0.3 is 5.97 Å². The van der Waals surface area contributed by atoms with E-state index < -0.39 is 199 Å². The summed E-state index contributed by atoms with van der Waals surface area (Å²) in [5.41, 5.74) is 9.81. The number of aromatic hydroxyl groups is 2. The quantitative estimate of drug-likeness (QED) is 0.0437. The van der Waals surface area contributed by atoms with Gasteiger partial charge in [-0.2, -0.15) is 0 Å². The molecule has 0 aliphatic carbocycles. The maximum Gasteiger partial charge on any atom is 0.305 e. The summed E-state index contributed by atoms with van der Waals surface area (Å²) in [6.45, 7) is 7.89. The number of aryl methyl sites for hydroxylation is 1. The number of amides is 15. The number of phenols is 2. The van der Waals surface area contributed by atoms with E-state index in [0.717, 1.165) is 21.6 Å². The van der Waals surface area contributed by atoms with Crippen LogP contribution >= 0.6 is 11.8 Å². The summed E-state index contributed by atoms with van der Waals surface area (Å²) in [6, 6.07) is 25.6. The van der Waals surface area contributed by atoms with Gasteiger partial charge in [0.25, 0.3) is 0 Å². The van der Waals surface area contributed by atoms with Gasteiger partial charge in [-0.3, -0.25) is 76.7 Å². The van der Waals surface area contributed by atoms with Crippen LogP contribution in [0, 0.1) is 18.8 Å². The highest BCUT2D eigenvalue weighted by Crippen LogP contribution is 2.24. The molecule has 690 valence electrons. The van der Waals surface area contributed by atoms with Gasteiger partial charge < -0.3 is 98.8 Å². The van der Waals surface area contributed by atoms with Crippen LogP contribution in [0.2, 0.25) is 0 Å². The van der Waals surface area contributed by atoms with Crippen molar-refractivity contribution in [3.05, 3.63) is 203 Å². The molecule has 129 heavy (non-hydrogen) atoms. The number of nitrogens with zero attached hydrogens (tertiary/aromatic N) is 4. The number of hydrogen-bond acceptors (Lipinski definition) is 19. The van der Waals surface area contributed by atoms with Crippen LogP contribution in [0.25, 0.3) is 10.9 Å². The van der Waals surface area contributed by atoms with Crippen LogP contribution in [-0.2, 0) is 115 Å². The normalized spacial score (nSPS) is 21.8. The Balaban J connectivity index is 1.21. The molecule has 0 spiro atoms. The number of hydrogen-bond donors (Lipinski definition) is 15. The third-order valence-electron chi connectivity index (χ3n) is 22.0. The largest absolute Gasteiger partial charge is 0.508 e. The van der Waals surface area contributed by atoms with Crippen molar-refractivity contribution in [2.45, 2.75) is 179 Å². The molecule has 1 aliphatic heterocycles. The Hall–Kier alpha value is -13.7. The minimum Gasteiger partial charge on any atom is -0.508 e. The summed E-state index contributed by atoms with van der Waals surface area (Å²) in [5.74, 6) is -17.6. The highest BCUT2D eigenvalue weighted by molar-refractivity contribution is 8.00. The van der Waals surface area contributed by atoms with E-state index in [1.54, 1.807) is 150 Å². The van der Waals surface area contributed by atoms with Crippen LogP contribution in [0.1, 0.15) is 106 Å². The number of aliphatic carboxylic acids is 1. The molecule has 35 nitrogen and oxygen atoms in total. The number of aromatic amines is 1. The van der Waals surface area contributed by atoms with Gasteiger partial charge in [0.05, 0.1) is 31.8 Å². The molecule has 1 aliphatic rings. The van der Waals surface area contributed by atoms with Gasteiger partial charge in [-0.25, -0.2) is 0 Å². The molecule has 11 atom stereocenters. The number of fused-ring (bicyclic) bond motifs is 1. The Morgan fingerprint density at radius 2 is 0.930 bits per heavy atom. The Labute approximate surface area is 753 Å². The third-order valence-corrected chi connectivity index (χ3v) is 23.0. The number of likely N-dealkylation sites (N-methyl/N-ethyl adjacent to an activating group) is 4. The Morgan fingerprint density at radius 3 is 1.50 bits per heavy atom. The third kappa shape index (κ3) is 30.8. The highest BCUT2D eigenvalue weighted by atomic mass is 32.2.